The number of Topliss-reactive ketones (excluding diaryl/α,β-unsaturated/α-hetero) is 1. The minimum atomic E-state index is -1.51. The Bertz CT molecular complexity index is 1950. The van der Waals surface area contributed by atoms with Crippen molar-refractivity contribution in [2.24, 2.45) is 17.8 Å². The van der Waals surface area contributed by atoms with E-state index in [1.54, 1.807) is 63.2 Å². The lowest BCUT2D eigenvalue weighted by Crippen LogP contribution is -2.61. The largest absolute Gasteiger partial charge is 0.480 e. The maximum atomic E-state index is 14.6. The summed E-state index contributed by atoms with van der Waals surface area (Å²) in [4.78, 5) is 123. The molecule has 0 radical (unpaired) electrons. The predicted octanol–water partition coefficient (Wildman–Crippen LogP) is 2.91. The quantitative estimate of drug-likeness (QED) is 0.0903. The Morgan fingerprint density at radius 1 is 0.828 bits per heavy atom. The molecule has 8 atom stereocenters. The van der Waals surface area contributed by atoms with Gasteiger partial charge in [0.25, 0.3) is 0 Å². The van der Waals surface area contributed by atoms with Crippen LogP contribution >= 0.6 is 0 Å². The number of amides is 8. The van der Waals surface area contributed by atoms with Crippen LogP contribution < -0.4 is 37.2 Å². The number of likely N-dealkylation sites (N-methyl/N-ethyl adjacent to an activating group) is 1. The van der Waals surface area contributed by atoms with Crippen LogP contribution in [0.25, 0.3) is 0 Å². The number of aliphatic carboxylic acids is 1. The van der Waals surface area contributed by atoms with E-state index < -0.39 is 102 Å². The van der Waals surface area contributed by atoms with E-state index >= 15 is 0 Å². The molecule has 8 amide bonds. The molecule has 3 rings (SSSR count). The molecule has 1 heterocycles. The number of para-hydroxylation sites is 1. The van der Waals surface area contributed by atoms with E-state index in [4.69, 9.17) is 0 Å². The lowest BCUT2D eigenvalue weighted by molar-refractivity contribution is -0.143. The molecule has 18 nitrogen and oxygen atoms in total. The highest BCUT2D eigenvalue weighted by Gasteiger charge is 2.38. The van der Waals surface area contributed by atoms with Crippen molar-refractivity contribution < 1.29 is 48.3 Å². The molecule has 350 valence electrons. The van der Waals surface area contributed by atoms with Gasteiger partial charge < -0.3 is 47.2 Å². The van der Waals surface area contributed by atoms with Crippen LogP contribution in [0.2, 0.25) is 0 Å². The van der Waals surface area contributed by atoms with Crippen LogP contribution in [-0.4, -0.2) is 114 Å². The Morgan fingerprint density at radius 3 is 2.11 bits per heavy atom. The van der Waals surface area contributed by atoms with E-state index in [-0.39, 0.29) is 49.4 Å². The van der Waals surface area contributed by atoms with E-state index in [2.05, 4.69) is 37.2 Å². The highest BCUT2D eigenvalue weighted by atomic mass is 16.4. The van der Waals surface area contributed by atoms with Crippen LogP contribution in [0.4, 0.5) is 10.5 Å². The number of nitrogens with zero attached hydrogens (tertiary/aromatic N) is 1. The summed E-state index contributed by atoms with van der Waals surface area (Å²) in [6.45, 7) is 10.8. The van der Waals surface area contributed by atoms with Crippen molar-refractivity contribution in [2.45, 2.75) is 129 Å². The molecule has 0 aliphatic carbocycles. The summed E-state index contributed by atoms with van der Waals surface area (Å²) in [5.74, 6) is -6.45. The van der Waals surface area contributed by atoms with Crippen molar-refractivity contribution in [2.75, 3.05) is 18.9 Å². The van der Waals surface area contributed by atoms with Gasteiger partial charge >= 0.3 is 12.0 Å². The first-order chi connectivity index (χ1) is 30.4. The van der Waals surface area contributed by atoms with Gasteiger partial charge in [-0.05, 0) is 61.1 Å². The van der Waals surface area contributed by atoms with Gasteiger partial charge in [0.2, 0.25) is 35.9 Å². The van der Waals surface area contributed by atoms with Gasteiger partial charge in [-0.15, -0.1) is 0 Å². The van der Waals surface area contributed by atoms with Crippen LogP contribution in [0.3, 0.4) is 0 Å². The second-order valence-corrected chi connectivity index (χ2v) is 16.9. The fourth-order valence-corrected chi connectivity index (χ4v) is 7.34. The first kappa shape index (κ1) is 52.0. The van der Waals surface area contributed by atoms with E-state index in [1.807, 2.05) is 20.8 Å². The zero-order chi connectivity index (χ0) is 47.5. The average molecular weight is 891 g/mol. The van der Waals surface area contributed by atoms with Gasteiger partial charge in [-0.3, -0.25) is 33.6 Å². The number of carbonyl (C=O) groups is 9. The normalized spacial score (nSPS) is 22.2. The van der Waals surface area contributed by atoms with Crippen molar-refractivity contribution in [3.63, 3.8) is 0 Å². The first-order valence-electron chi connectivity index (χ1n) is 22.0. The third kappa shape index (κ3) is 15.5. The van der Waals surface area contributed by atoms with E-state index in [9.17, 15) is 48.3 Å². The van der Waals surface area contributed by atoms with Crippen molar-refractivity contribution in [1.29, 1.82) is 0 Å². The SMILES string of the molecule is CCC(C)[C@H](NC(=O)N[C@H]1CCCCNC(=O)[C@H](Cc2ccccc2)NC(=O)[C@@H](CC(=O)c2ccccc2NC=O)N(C)C(=O)[C@H](CC(C)C)NC(=O)[C@@H](C(C)CC)NC1=O)C(=O)O. The molecule has 1 aliphatic rings. The molecule has 0 saturated carbocycles. The van der Waals surface area contributed by atoms with Crippen molar-refractivity contribution in [1.82, 2.24) is 36.8 Å². The zero-order valence-electron chi connectivity index (χ0n) is 37.9. The molecule has 0 bridgehead atoms. The van der Waals surface area contributed by atoms with Crippen LogP contribution in [-0.2, 0) is 40.0 Å². The molecule has 0 aromatic heterocycles. The number of carboxylic acid groups (broad SMARTS) is 1. The van der Waals surface area contributed by atoms with Crippen molar-refractivity contribution >= 4 is 59.4 Å². The molecule has 8 N–H and O–H groups in total. The minimum absolute atomic E-state index is 0.0374. The Kier molecular flexibility index (Phi) is 20.9. The molecule has 0 spiro atoms. The van der Waals surface area contributed by atoms with Gasteiger partial charge in [0.1, 0.15) is 36.3 Å². The molecule has 1 aliphatic heterocycles. The second-order valence-electron chi connectivity index (χ2n) is 16.9. The molecule has 2 aromatic rings. The second kappa shape index (κ2) is 25.7. The molecular weight excluding hydrogens is 825 g/mol. The lowest BCUT2D eigenvalue weighted by Gasteiger charge is -2.33. The zero-order valence-corrected chi connectivity index (χ0v) is 37.9. The van der Waals surface area contributed by atoms with Gasteiger partial charge in [0.05, 0.1) is 5.69 Å². The van der Waals surface area contributed by atoms with Crippen LogP contribution in [0.1, 0.15) is 102 Å². The first-order valence-corrected chi connectivity index (χ1v) is 22.0. The highest BCUT2D eigenvalue weighted by Crippen LogP contribution is 2.21. The topological polar surface area (TPSA) is 261 Å². The van der Waals surface area contributed by atoms with Gasteiger partial charge in [-0.1, -0.05) is 96.8 Å². The summed E-state index contributed by atoms with van der Waals surface area (Å²) in [6.07, 6.45) is 1.48. The molecular formula is C46H66N8O10. The van der Waals surface area contributed by atoms with Gasteiger partial charge in [-0.25, -0.2) is 9.59 Å². The molecule has 2 aromatic carbocycles. The Balaban J connectivity index is 2.12. The van der Waals surface area contributed by atoms with Gasteiger partial charge in [0.15, 0.2) is 5.78 Å². The summed E-state index contributed by atoms with van der Waals surface area (Å²) in [6, 6.07) is 6.58. The van der Waals surface area contributed by atoms with E-state index in [0.717, 1.165) is 4.90 Å². The molecule has 18 heteroatoms. The standard InChI is InChI=1S/C46H66N8O10/c1-8-28(5)38-43(60)50-35(23-27(3)4)44(61)54(7)36(25-37(56)31-19-13-14-20-32(31)48-26-55)42(59)49-34(24-30-17-11-10-12-18-30)40(57)47-22-16-15-21-33(41(58)52-38)51-46(64)53-39(45(62)63)29(6)9-2/h10-14,17-20,26-29,33-36,38-39H,8-9,15-16,21-25H2,1-7H3,(H,47,57)(H,48,55)(H,49,59)(H,50,60)(H,52,58)(H,62,63)(H2,51,53,64)/t28?,29?,33-,34-,35-,36+,38+,39-/m0/s1. The Hall–Kier alpha value is -6.33. The number of hydrogen-bond acceptors (Lipinski definition) is 9. The molecule has 1 fully saturated rings. The molecule has 64 heavy (non-hydrogen) atoms. The maximum absolute atomic E-state index is 14.6. The number of carboxylic acids is 1. The number of anilines is 1. The molecule has 2 unspecified atom stereocenters. The summed E-state index contributed by atoms with van der Waals surface area (Å²) < 4.78 is 0. The summed E-state index contributed by atoms with van der Waals surface area (Å²) in [5, 5.41) is 28.5. The predicted molar refractivity (Wildman–Crippen MR) is 240 cm³/mol. The Labute approximate surface area is 375 Å². The summed E-state index contributed by atoms with van der Waals surface area (Å²) >= 11 is 0. The number of urea groups is 1. The van der Waals surface area contributed by atoms with Crippen LogP contribution in [0, 0.1) is 17.8 Å². The number of ketones is 1. The fourth-order valence-electron chi connectivity index (χ4n) is 7.34. The van der Waals surface area contributed by atoms with Crippen LogP contribution in [0.5, 0.6) is 0 Å². The minimum Gasteiger partial charge on any atom is -0.480 e. The highest BCUT2D eigenvalue weighted by molar-refractivity contribution is 6.06. The van der Waals surface area contributed by atoms with E-state index in [1.165, 1.54) is 19.2 Å². The third-order valence-corrected chi connectivity index (χ3v) is 11.6. The van der Waals surface area contributed by atoms with E-state index in [0.29, 0.717) is 31.2 Å². The van der Waals surface area contributed by atoms with Crippen molar-refractivity contribution in [3.8, 4) is 0 Å². The third-order valence-electron chi connectivity index (χ3n) is 11.6. The Morgan fingerprint density at radius 2 is 1.48 bits per heavy atom. The lowest BCUT2D eigenvalue weighted by atomic mass is 9.95. The van der Waals surface area contributed by atoms with Crippen molar-refractivity contribution in [3.05, 3.63) is 65.7 Å². The number of hydrogen-bond donors (Lipinski definition) is 8. The monoisotopic (exact) mass is 890 g/mol. The number of nitrogens with one attached hydrogen (secondary N) is 7. The van der Waals surface area contributed by atoms with Gasteiger partial charge in [-0.2, -0.15) is 0 Å². The molecule has 1 saturated heterocycles. The summed E-state index contributed by atoms with van der Waals surface area (Å²) in [5.41, 5.74) is 0.976. The maximum Gasteiger partial charge on any atom is 0.326 e. The smallest absolute Gasteiger partial charge is 0.326 e. The fraction of sp³-hybridized carbons (Fsp3) is 0.543. The number of benzene rings is 2. The summed E-state index contributed by atoms with van der Waals surface area (Å²) in [7, 11) is 1.33. The van der Waals surface area contributed by atoms with Gasteiger partial charge in [0, 0.05) is 32.0 Å². The number of rotatable bonds is 16. The number of carbonyl (C=O) groups excluding carboxylic acids is 8. The average Bonchev–Trinajstić information content (AvgIpc) is 3.26. The van der Waals surface area contributed by atoms with Crippen LogP contribution in [0.15, 0.2) is 54.6 Å².